The predicted octanol–water partition coefficient (Wildman–Crippen LogP) is 2.21. The molecule has 0 amide bonds. The first-order valence-electron chi connectivity index (χ1n) is 6.39. The van der Waals surface area contributed by atoms with E-state index in [2.05, 4.69) is 15.0 Å². The highest BCUT2D eigenvalue weighted by Crippen LogP contribution is 2.29. The third kappa shape index (κ3) is 2.73. The lowest BCUT2D eigenvalue weighted by Gasteiger charge is -2.09. The Hall–Kier alpha value is -0.960. The molecule has 2 aromatic rings. The molecule has 0 saturated heterocycles. The van der Waals surface area contributed by atoms with Crippen LogP contribution in [0, 0.1) is 0 Å². The molecule has 2 N–H and O–H groups in total. The zero-order chi connectivity index (χ0) is 14.2. The topological polar surface area (TPSA) is 71.1 Å². The van der Waals surface area contributed by atoms with Gasteiger partial charge in [-0.1, -0.05) is 18.3 Å². The van der Waals surface area contributed by atoms with Gasteiger partial charge in [0, 0.05) is 29.3 Å². The Balaban J connectivity index is 1.84. The summed E-state index contributed by atoms with van der Waals surface area (Å²) in [4.78, 5) is 6.56. The standard InChI is InChI=1S/C12H15N3O2S3/c1-2-8-3-4-11(18-8)20(16,17)15-12-14-9-5-6-13-7-10(9)19-12/h3-4,13H,2,5-7H2,1H3,(H,14,15). The number of fused-ring (bicyclic) bond motifs is 1. The average molecular weight is 329 g/mol. The van der Waals surface area contributed by atoms with Crippen LogP contribution in [0.4, 0.5) is 5.13 Å². The van der Waals surface area contributed by atoms with Gasteiger partial charge in [-0.15, -0.1) is 11.3 Å². The second kappa shape index (κ2) is 5.44. The van der Waals surface area contributed by atoms with E-state index in [-0.39, 0.29) is 0 Å². The maximum atomic E-state index is 12.3. The molecule has 0 atom stereocenters. The quantitative estimate of drug-likeness (QED) is 0.902. The van der Waals surface area contributed by atoms with E-state index < -0.39 is 10.0 Å². The molecule has 0 aromatic carbocycles. The number of nitrogens with zero attached hydrogens (tertiary/aromatic N) is 1. The summed E-state index contributed by atoms with van der Waals surface area (Å²) < 4.78 is 27.5. The zero-order valence-corrected chi connectivity index (χ0v) is 13.4. The van der Waals surface area contributed by atoms with Crippen LogP contribution in [0.1, 0.15) is 22.4 Å². The van der Waals surface area contributed by atoms with Crippen molar-refractivity contribution in [3.05, 3.63) is 27.6 Å². The average Bonchev–Trinajstić information content (AvgIpc) is 3.04. The maximum absolute atomic E-state index is 12.3. The van der Waals surface area contributed by atoms with Gasteiger partial charge in [-0.05, 0) is 18.6 Å². The molecule has 3 rings (SSSR count). The molecule has 0 aliphatic carbocycles. The van der Waals surface area contributed by atoms with Gasteiger partial charge in [-0.2, -0.15) is 0 Å². The Labute approximate surface area is 126 Å². The third-order valence-corrected chi connectivity index (χ3v) is 7.28. The number of anilines is 1. The summed E-state index contributed by atoms with van der Waals surface area (Å²) in [6, 6.07) is 3.51. The number of hydrogen-bond donors (Lipinski definition) is 2. The SMILES string of the molecule is CCc1ccc(S(=O)(=O)Nc2nc3c(s2)CNCC3)s1. The molecular weight excluding hydrogens is 314 g/mol. The fourth-order valence-corrected chi connectivity index (χ4v) is 5.54. The van der Waals surface area contributed by atoms with Crippen LogP contribution < -0.4 is 10.0 Å². The van der Waals surface area contributed by atoms with Gasteiger partial charge in [-0.3, -0.25) is 4.72 Å². The number of thiazole rings is 1. The molecule has 0 bridgehead atoms. The van der Waals surface area contributed by atoms with Crippen molar-refractivity contribution in [1.29, 1.82) is 0 Å². The number of sulfonamides is 1. The molecule has 0 radical (unpaired) electrons. The minimum absolute atomic E-state index is 0.348. The maximum Gasteiger partial charge on any atom is 0.273 e. The van der Waals surface area contributed by atoms with E-state index in [0.29, 0.717) is 9.34 Å². The molecule has 0 saturated carbocycles. The summed E-state index contributed by atoms with van der Waals surface area (Å²) in [5.41, 5.74) is 1.01. The lowest BCUT2D eigenvalue weighted by atomic mass is 10.2. The van der Waals surface area contributed by atoms with Crippen LogP contribution in [0.3, 0.4) is 0 Å². The summed E-state index contributed by atoms with van der Waals surface area (Å²) in [6.07, 6.45) is 1.70. The van der Waals surface area contributed by atoms with Gasteiger partial charge in [0.25, 0.3) is 10.0 Å². The molecule has 2 aromatic heterocycles. The summed E-state index contributed by atoms with van der Waals surface area (Å²) in [6.45, 7) is 3.68. The first-order valence-corrected chi connectivity index (χ1v) is 9.51. The van der Waals surface area contributed by atoms with Crippen molar-refractivity contribution in [1.82, 2.24) is 10.3 Å². The molecule has 8 heteroatoms. The zero-order valence-electron chi connectivity index (χ0n) is 11.0. The van der Waals surface area contributed by atoms with Gasteiger partial charge < -0.3 is 5.32 Å². The van der Waals surface area contributed by atoms with Crippen molar-refractivity contribution in [3.63, 3.8) is 0 Å². The van der Waals surface area contributed by atoms with Gasteiger partial charge in [0.2, 0.25) is 0 Å². The van der Waals surface area contributed by atoms with Crippen molar-refractivity contribution in [2.45, 2.75) is 30.5 Å². The number of aromatic nitrogens is 1. The van der Waals surface area contributed by atoms with E-state index in [9.17, 15) is 8.42 Å². The van der Waals surface area contributed by atoms with E-state index in [0.717, 1.165) is 41.4 Å². The summed E-state index contributed by atoms with van der Waals surface area (Å²) in [5, 5.41) is 3.72. The smallest absolute Gasteiger partial charge is 0.273 e. The van der Waals surface area contributed by atoms with Crippen LogP contribution in [0.15, 0.2) is 16.3 Å². The van der Waals surface area contributed by atoms with Crippen molar-refractivity contribution in [3.8, 4) is 0 Å². The number of thiophene rings is 1. The van der Waals surface area contributed by atoms with E-state index in [1.807, 2.05) is 13.0 Å². The lowest BCUT2D eigenvalue weighted by Crippen LogP contribution is -2.22. The van der Waals surface area contributed by atoms with Crippen LogP contribution in [-0.2, 0) is 29.4 Å². The Bertz CT molecular complexity index is 695. The first kappa shape index (κ1) is 14.0. The molecule has 3 heterocycles. The van der Waals surface area contributed by atoms with Crippen molar-refractivity contribution >= 4 is 37.8 Å². The van der Waals surface area contributed by atoms with E-state index in [1.54, 1.807) is 6.07 Å². The second-order valence-electron chi connectivity index (χ2n) is 4.50. The van der Waals surface area contributed by atoms with Gasteiger partial charge >= 0.3 is 0 Å². The van der Waals surface area contributed by atoms with Crippen molar-refractivity contribution in [2.24, 2.45) is 0 Å². The molecule has 5 nitrogen and oxygen atoms in total. The van der Waals surface area contributed by atoms with Crippen LogP contribution >= 0.6 is 22.7 Å². The predicted molar refractivity (Wildman–Crippen MR) is 82.0 cm³/mol. The Morgan fingerprint density at radius 1 is 1.40 bits per heavy atom. The molecule has 20 heavy (non-hydrogen) atoms. The van der Waals surface area contributed by atoms with Crippen LogP contribution in [-0.4, -0.2) is 19.9 Å². The second-order valence-corrected chi connectivity index (χ2v) is 8.66. The first-order chi connectivity index (χ1) is 9.58. The van der Waals surface area contributed by atoms with Crippen LogP contribution in [0.5, 0.6) is 0 Å². The van der Waals surface area contributed by atoms with Gasteiger partial charge in [-0.25, -0.2) is 13.4 Å². The highest BCUT2D eigenvalue weighted by Gasteiger charge is 2.21. The van der Waals surface area contributed by atoms with E-state index in [1.165, 1.54) is 22.7 Å². The number of rotatable bonds is 4. The minimum atomic E-state index is -3.51. The Morgan fingerprint density at radius 3 is 2.95 bits per heavy atom. The molecular formula is C12H15N3O2S3. The molecule has 0 unspecified atom stereocenters. The fraction of sp³-hybridized carbons (Fsp3) is 0.417. The third-order valence-electron chi connectivity index (χ3n) is 3.07. The summed E-state index contributed by atoms with van der Waals surface area (Å²) in [7, 11) is -3.51. The highest BCUT2D eigenvalue weighted by atomic mass is 32.2. The van der Waals surface area contributed by atoms with Crippen LogP contribution in [0.2, 0.25) is 0 Å². The molecule has 1 aliphatic heterocycles. The summed E-state index contributed by atoms with van der Waals surface area (Å²) in [5.74, 6) is 0. The van der Waals surface area contributed by atoms with Gasteiger partial charge in [0.05, 0.1) is 5.69 Å². The normalized spacial score (nSPS) is 15.1. The van der Waals surface area contributed by atoms with E-state index >= 15 is 0 Å². The van der Waals surface area contributed by atoms with Gasteiger partial charge in [0.1, 0.15) is 4.21 Å². The number of hydrogen-bond acceptors (Lipinski definition) is 6. The Morgan fingerprint density at radius 2 is 2.25 bits per heavy atom. The van der Waals surface area contributed by atoms with E-state index in [4.69, 9.17) is 0 Å². The van der Waals surface area contributed by atoms with Crippen LogP contribution in [0.25, 0.3) is 0 Å². The summed E-state index contributed by atoms with van der Waals surface area (Å²) >= 11 is 2.72. The van der Waals surface area contributed by atoms with Gasteiger partial charge in [0.15, 0.2) is 5.13 Å². The number of aryl methyl sites for hydroxylation is 1. The highest BCUT2D eigenvalue weighted by molar-refractivity contribution is 7.94. The van der Waals surface area contributed by atoms with Crippen molar-refractivity contribution < 1.29 is 8.42 Å². The Kier molecular flexibility index (Phi) is 3.80. The fourth-order valence-electron chi connectivity index (χ4n) is 2.03. The molecule has 0 fully saturated rings. The largest absolute Gasteiger partial charge is 0.311 e. The van der Waals surface area contributed by atoms with Crippen molar-refractivity contribution in [2.75, 3.05) is 11.3 Å². The minimum Gasteiger partial charge on any atom is -0.311 e. The lowest BCUT2D eigenvalue weighted by molar-refractivity contribution is 0.603. The molecule has 108 valence electrons. The monoisotopic (exact) mass is 329 g/mol. The molecule has 0 spiro atoms. The molecule has 1 aliphatic rings. The number of nitrogens with one attached hydrogen (secondary N) is 2.